The van der Waals surface area contributed by atoms with Gasteiger partial charge in [-0.3, -0.25) is 0 Å². The number of phenols is 1. The second-order valence-electron chi connectivity index (χ2n) is 7.07. The molecule has 1 fully saturated rings. The number of aromatic nitrogens is 1. The van der Waals surface area contributed by atoms with Gasteiger partial charge in [0.1, 0.15) is 23.1 Å². The van der Waals surface area contributed by atoms with Crippen molar-refractivity contribution in [3.63, 3.8) is 0 Å². The monoisotopic (exact) mass is 360 g/mol. The number of para-hydroxylation sites is 1. The molecule has 0 spiro atoms. The van der Waals surface area contributed by atoms with Crippen LogP contribution in [0.25, 0.3) is 10.9 Å². The van der Waals surface area contributed by atoms with Crippen molar-refractivity contribution in [1.82, 2.24) is 4.98 Å². The molecule has 1 aliphatic heterocycles. The molecule has 3 aromatic rings. The van der Waals surface area contributed by atoms with Crippen LogP contribution in [0.5, 0.6) is 17.4 Å². The molecule has 2 aliphatic rings. The molecule has 1 saturated carbocycles. The number of aliphatic imine (C=N–C) groups is 1. The standard InChI is InChI=1S/C22H20N2O3/c25-18-9-4-5-14-11-12-20(24-21(14)18)26-16-7-3-6-15(13-16)22-23-17-8-1-2-10-19(17)27-22/h3-7,9,11-13,17,19,25H,1-2,8,10H2/t17-,19?/m0/s1. The lowest BCUT2D eigenvalue weighted by molar-refractivity contribution is 0.153. The van der Waals surface area contributed by atoms with Gasteiger partial charge in [0.25, 0.3) is 0 Å². The molecule has 2 aromatic carbocycles. The number of aromatic hydroxyl groups is 1. The van der Waals surface area contributed by atoms with Crippen molar-refractivity contribution in [3.8, 4) is 17.4 Å². The summed E-state index contributed by atoms with van der Waals surface area (Å²) in [4.78, 5) is 9.19. The van der Waals surface area contributed by atoms with Gasteiger partial charge in [0.15, 0.2) is 0 Å². The van der Waals surface area contributed by atoms with Crippen molar-refractivity contribution in [2.24, 2.45) is 4.99 Å². The quantitative estimate of drug-likeness (QED) is 0.727. The molecule has 0 radical (unpaired) electrons. The molecule has 1 aliphatic carbocycles. The van der Waals surface area contributed by atoms with Crippen LogP contribution in [0.3, 0.4) is 0 Å². The number of rotatable bonds is 3. The summed E-state index contributed by atoms with van der Waals surface area (Å²) < 4.78 is 12.0. The average molecular weight is 360 g/mol. The molecule has 136 valence electrons. The summed E-state index contributed by atoms with van der Waals surface area (Å²) >= 11 is 0. The minimum atomic E-state index is 0.142. The molecule has 5 heteroatoms. The molecule has 0 amide bonds. The van der Waals surface area contributed by atoms with Gasteiger partial charge in [0.2, 0.25) is 11.8 Å². The Kier molecular flexibility index (Phi) is 3.93. The van der Waals surface area contributed by atoms with E-state index in [1.165, 1.54) is 12.8 Å². The summed E-state index contributed by atoms with van der Waals surface area (Å²) in [6.07, 6.45) is 4.86. The number of fused-ring (bicyclic) bond motifs is 2. The first kappa shape index (κ1) is 16.1. The summed E-state index contributed by atoms with van der Waals surface area (Å²) in [7, 11) is 0. The fourth-order valence-electron chi connectivity index (χ4n) is 3.81. The third kappa shape index (κ3) is 3.10. The molecule has 5 rings (SSSR count). The maximum atomic E-state index is 10.0. The summed E-state index contributed by atoms with van der Waals surface area (Å²) in [5, 5.41) is 10.9. The highest BCUT2D eigenvalue weighted by Gasteiger charge is 2.33. The van der Waals surface area contributed by atoms with E-state index in [1.54, 1.807) is 18.2 Å². The first-order chi connectivity index (χ1) is 13.3. The average Bonchev–Trinajstić information content (AvgIpc) is 3.13. The Hall–Kier alpha value is -3.08. The highest BCUT2D eigenvalue weighted by Crippen LogP contribution is 2.32. The summed E-state index contributed by atoms with van der Waals surface area (Å²) in [6.45, 7) is 0. The minimum absolute atomic E-state index is 0.142. The third-order valence-corrected chi connectivity index (χ3v) is 5.19. The van der Waals surface area contributed by atoms with Gasteiger partial charge in [-0.1, -0.05) is 24.6 Å². The number of nitrogens with zero attached hydrogens (tertiary/aromatic N) is 2. The fourth-order valence-corrected chi connectivity index (χ4v) is 3.81. The van der Waals surface area contributed by atoms with E-state index in [0.29, 0.717) is 29.1 Å². The van der Waals surface area contributed by atoms with Gasteiger partial charge in [0.05, 0.1) is 6.04 Å². The Morgan fingerprint density at radius 1 is 1.00 bits per heavy atom. The molecule has 1 N–H and O–H groups in total. The normalized spacial score (nSPS) is 21.4. The lowest BCUT2D eigenvalue weighted by atomic mass is 9.94. The van der Waals surface area contributed by atoms with Crippen molar-refractivity contribution in [2.75, 3.05) is 0 Å². The predicted octanol–water partition coefficient (Wildman–Crippen LogP) is 4.82. The van der Waals surface area contributed by atoms with Crippen LogP contribution in [0.4, 0.5) is 0 Å². The molecule has 0 saturated heterocycles. The van der Waals surface area contributed by atoms with Gasteiger partial charge >= 0.3 is 0 Å². The molecule has 5 nitrogen and oxygen atoms in total. The molecule has 2 atom stereocenters. The number of phenolic OH excluding ortho intramolecular Hbond substituents is 1. The zero-order valence-corrected chi connectivity index (χ0v) is 14.8. The maximum Gasteiger partial charge on any atom is 0.219 e. The number of hydrogen-bond donors (Lipinski definition) is 1. The van der Waals surface area contributed by atoms with Crippen LogP contribution in [0.2, 0.25) is 0 Å². The number of benzene rings is 2. The Morgan fingerprint density at radius 2 is 1.89 bits per heavy atom. The lowest BCUT2D eigenvalue weighted by Gasteiger charge is -2.21. The van der Waals surface area contributed by atoms with Gasteiger partial charge < -0.3 is 14.6 Å². The van der Waals surface area contributed by atoms with E-state index in [-0.39, 0.29) is 11.9 Å². The van der Waals surface area contributed by atoms with Crippen LogP contribution in [0.15, 0.2) is 59.6 Å². The molecular formula is C22H20N2O3. The second-order valence-corrected chi connectivity index (χ2v) is 7.07. The second kappa shape index (κ2) is 6.58. The Morgan fingerprint density at radius 3 is 2.81 bits per heavy atom. The topological polar surface area (TPSA) is 63.9 Å². The fraction of sp³-hybridized carbons (Fsp3) is 0.273. The molecular weight excluding hydrogens is 340 g/mol. The molecule has 1 aromatic heterocycles. The van der Waals surface area contributed by atoms with Crippen LogP contribution in [0, 0.1) is 0 Å². The molecule has 0 bridgehead atoms. The highest BCUT2D eigenvalue weighted by atomic mass is 16.5. The van der Waals surface area contributed by atoms with Crippen LogP contribution in [0.1, 0.15) is 31.2 Å². The van der Waals surface area contributed by atoms with E-state index in [0.717, 1.165) is 23.8 Å². The van der Waals surface area contributed by atoms with Crippen LogP contribution in [-0.2, 0) is 4.74 Å². The van der Waals surface area contributed by atoms with Crippen molar-refractivity contribution in [2.45, 2.75) is 37.8 Å². The smallest absolute Gasteiger partial charge is 0.219 e. The van der Waals surface area contributed by atoms with Crippen LogP contribution in [-0.4, -0.2) is 28.1 Å². The Bertz CT molecular complexity index is 1030. The lowest BCUT2D eigenvalue weighted by Crippen LogP contribution is -2.26. The van der Waals surface area contributed by atoms with Crippen molar-refractivity contribution in [3.05, 3.63) is 60.2 Å². The third-order valence-electron chi connectivity index (χ3n) is 5.19. The van der Waals surface area contributed by atoms with E-state index in [4.69, 9.17) is 14.5 Å². The van der Waals surface area contributed by atoms with E-state index < -0.39 is 0 Å². The largest absolute Gasteiger partial charge is 0.506 e. The van der Waals surface area contributed by atoms with Gasteiger partial charge in [0, 0.05) is 17.0 Å². The van der Waals surface area contributed by atoms with Gasteiger partial charge in [-0.05, 0) is 49.6 Å². The van der Waals surface area contributed by atoms with E-state index in [9.17, 15) is 5.11 Å². The Balaban J connectivity index is 1.40. The first-order valence-electron chi connectivity index (χ1n) is 9.38. The first-order valence-corrected chi connectivity index (χ1v) is 9.38. The van der Waals surface area contributed by atoms with Crippen molar-refractivity contribution >= 4 is 16.8 Å². The highest BCUT2D eigenvalue weighted by molar-refractivity contribution is 5.95. The van der Waals surface area contributed by atoms with Crippen molar-refractivity contribution in [1.29, 1.82) is 0 Å². The summed E-state index contributed by atoms with van der Waals surface area (Å²) in [5.41, 5.74) is 1.45. The van der Waals surface area contributed by atoms with E-state index in [1.807, 2.05) is 36.4 Å². The Labute approximate surface area is 157 Å². The molecule has 1 unspecified atom stereocenters. The predicted molar refractivity (Wildman–Crippen MR) is 104 cm³/mol. The van der Waals surface area contributed by atoms with Gasteiger partial charge in [-0.15, -0.1) is 0 Å². The minimum Gasteiger partial charge on any atom is -0.506 e. The van der Waals surface area contributed by atoms with Crippen LogP contribution < -0.4 is 4.74 Å². The van der Waals surface area contributed by atoms with E-state index in [2.05, 4.69) is 4.98 Å². The van der Waals surface area contributed by atoms with Gasteiger partial charge in [-0.25, -0.2) is 9.98 Å². The zero-order chi connectivity index (χ0) is 18.2. The molecule has 27 heavy (non-hydrogen) atoms. The summed E-state index contributed by atoms with van der Waals surface area (Å²) in [6, 6.07) is 17.0. The van der Waals surface area contributed by atoms with Gasteiger partial charge in [-0.2, -0.15) is 0 Å². The number of hydrogen-bond acceptors (Lipinski definition) is 5. The maximum absolute atomic E-state index is 10.0. The zero-order valence-electron chi connectivity index (χ0n) is 14.8. The summed E-state index contributed by atoms with van der Waals surface area (Å²) in [5.74, 6) is 1.95. The SMILES string of the molecule is Oc1cccc2ccc(Oc3cccc(C4=N[C@H]5CCCCC5O4)c3)nc12. The van der Waals surface area contributed by atoms with Crippen LogP contribution >= 0.6 is 0 Å². The van der Waals surface area contributed by atoms with E-state index >= 15 is 0 Å². The number of ether oxygens (including phenoxy) is 2. The molecule has 2 heterocycles. The van der Waals surface area contributed by atoms with Crippen molar-refractivity contribution < 1.29 is 14.6 Å². The number of pyridine rings is 1.